The molecule has 4 rings (SSSR count). The van der Waals surface area contributed by atoms with E-state index in [9.17, 15) is 19.2 Å². The number of piperidine rings is 1. The molecule has 3 heterocycles. The van der Waals surface area contributed by atoms with Gasteiger partial charge in [0, 0.05) is 38.2 Å². The van der Waals surface area contributed by atoms with Crippen molar-refractivity contribution in [1.82, 2.24) is 15.1 Å². The number of esters is 1. The van der Waals surface area contributed by atoms with Crippen LogP contribution < -0.4 is 10.6 Å². The van der Waals surface area contributed by atoms with Crippen LogP contribution in [0.4, 0.5) is 5.69 Å². The predicted octanol–water partition coefficient (Wildman–Crippen LogP) is 1.35. The number of carbonyl (C=O) groups excluding carboxylic acids is 4. The molecule has 1 atom stereocenters. The summed E-state index contributed by atoms with van der Waals surface area (Å²) in [4.78, 5) is 53.4. The predicted molar refractivity (Wildman–Crippen MR) is 117 cm³/mol. The molecule has 0 bridgehead atoms. The smallest absolute Gasteiger partial charge is 0.309 e. The zero-order chi connectivity index (χ0) is 22.7. The van der Waals surface area contributed by atoms with Gasteiger partial charge in [-0.15, -0.1) is 0 Å². The first-order chi connectivity index (χ1) is 15.4. The summed E-state index contributed by atoms with van der Waals surface area (Å²) < 4.78 is 5.08. The number of nitrogens with one attached hydrogen (secondary N) is 2. The Kier molecular flexibility index (Phi) is 6.34. The van der Waals surface area contributed by atoms with Crippen molar-refractivity contribution in [3.05, 3.63) is 29.8 Å². The summed E-state index contributed by atoms with van der Waals surface area (Å²) in [6.45, 7) is 3.51. The van der Waals surface area contributed by atoms with Gasteiger partial charge in [-0.05, 0) is 38.3 Å². The van der Waals surface area contributed by atoms with E-state index in [0.717, 1.165) is 5.69 Å². The fourth-order valence-corrected chi connectivity index (χ4v) is 4.72. The molecule has 32 heavy (non-hydrogen) atoms. The largest absolute Gasteiger partial charge is 0.466 e. The van der Waals surface area contributed by atoms with Crippen LogP contribution in [0.1, 0.15) is 49.4 Å². The van der Waals surface area contributed by atoms with Crippen LogP contribution >= 0.6 is 0 Å². The van der Waals surface area contributed by atoms with E-state index < -0.39 is 5.66 Å². The zero-order valence-corrected chi connectivity index (χ0v) is 18.4. The van der Waals surface area contributed by atoms with Crippen LogP contribution in [0.15, 0.2) is 24.3 Å². The molecule has 9 nitrogen and oxygen atoms in total. The Balaban J connectivity index is 1.34. The van der Waals surface area contributed by atoms with Gasteiger partial charge < -0.3 is 25.2 Å². The van der Waals surface area contributed by atoms with Crippen LogP contribution in [0, 0.1) is 5.92 Å². The number of nitrogens with zero attached hydrogens (tertiary/aromatic N) is 2. The number of hydrogen-bond acceptors (Lipinski definition) is 6. The van der Waals surface area contributed by atoms with Crippen molar-refractivity contribution in [2.45, 2.75) is 44.7 Å². The standard InChI is InChI=1S/C23H30N4O5/c1-2-32-22(31)16-8-12-26(13-9-16)20(29)15-27-14-11-23(10-7-19(27)28)24-18-6-4-3-5-17(18)21(30)25-23/h3-6,16,24H,2,7-15H2,1H3,(H,25,30). The first kappa shape index (κ1) is 22.1. The molecule has 172 valence electrons. The number of fused-ring (bicyclic) bond motifs is 1. The molecule has 3 aliphatic rings. The molecule has 2 N–H and O–H groups in total. The number of benzene rings is 1. The fourth-order valence-electron chi connectivity index (χ4n) is 4.72. The van der Waals surface area contributed by atoms with E-state index in [2.05, 4.69) is 10.6 Å². The van der Waals surface area contributed by atoms with Crippen LogP contribution in [0.5, 0.6) is 0 Å². The van der Waals surface area contributed by atoms with Crippen molar-refractivity contribution in [1.29, 1.82) is 0 Å². The molecule has 1 unspecified atom stereocenters. The van der Waals surface area contributed by atoms with Crippen LogP contribution in [-0.4, -0.2) is 71.9 Å². The highest BCUT2D eigenvalue weighted by molar-refractivity contribution is 6.02. The van der Waals surface area contributed by atoms with Gasteiger partial charge in [0.25, 0.3) is 5.91 Å². The molecule has 3 amide bonds. The second kappa shape index (κ2) is 9.18. The van der Waals surface area contributed by atoms with E-state index in [0.29, 0.717) is 57.5 Å². The van der Waals surface area contributed by atoms with Crippen molar-refractivity contribution < 1.29 is 23.9 Å². The van der Waals surface area contributed by atoms with Crippen molar-refractivity contribution in [3.8, 4) is 0 Å². The molecule has 1 spiro atoms. The second-order valence-corrected chi connectivity index (χ2v) is 8.68. The average molecular weight is 443 g/mol. The second-order valence-electron chi connectivity index (χ2n) is 8.68. The van der Waals surface area contributed by atoms with E-state index >= 15 is 0 Å². The Hall–Kier alpha value is -3.10. The number of hydrogen-bond donors (Lipinski definition) is 2. The van der Waals surface area contributed by atoms with Gasteiger partial charge in [-0.2, -0.15) is 0 Å². The van der Waals surface area contributed by atoms with Crippen molar-refractivity contribution in [3.63, 3.8) is 0 Å². The molecule has 1 aromatic carbocycles. The van der Waals surface area contributed by atoms with Crippen molar-refractivity contribution in [2.24, 2.45) is 5.92 Å². The van der Waals surface area contributed by atoms with Crippen LogP contribution in [0.3, 0.4) is 0 Å². The minimum Gasteiger partial charge on any atom is -0.466 e. The molecule has 9 heteroatoms. The van der Waals surface area contributed by atoms with Crippen LogP contribution in [0.2, 0.25) is 0 Å². The highest BCUT2D eigenvalue weighted by atomic mass is 16.5. The Morgan fingerprint density at radius 2 is 1.84 bits per heavy atom. The molecule has 0 aliphatic carbocycles. The van der Waals surface area contributed by atoms with E-state index in [1.54, 1.807) is 22.8 Å². The van der Waals surface area contributed by atoms with Gasteiger partial charge in [-0.1, -0.05) is 12.1 Å². The minimum atomic E-state index is -0.698. The van der Waals surface area contributed by atoms with Gasteiger partial charge >= 0.3 is 5.97 Å². The molecule has 0 radical (unpaired) electrons. The van der Waals surface area contributed by atoms with Crippen molar-refractivity contribution >= 4 is 29.4 Å². The van der Waals surface area contributed by atoms with E-state index in [4.69, 9.17) is 4.74 Å². The van der Waals surface area contributed by atoms with Gasteiger partial charge in [0.2, 0.25) is 11.8 Å². The van der Waals surface area contributed by atoms with Crippen LogP contribution in [0.25, 0.3) is 0 Å². The Bertz CT molecular complexity index is 911. The number of para-hydroxylation sites is 1. The number of carbonyl (C=O) groups is 4. The number of amides is 3. The molecular weight excluding hydrogens is 412 g/mol. The summed E-state index contributed by atoms with van der Waals surface area (Å²) in [7, 11) is 0. The van der Waals surface area contributed by atoms with Crippen LogP contribution in [-0.2, 0) is 19.1 Å². The Morgan fingerprint density at radius 3 is 2.59 bits per heavy atom. The third-order valence-corrected chi connectivity index (χ3v) is 6.62. The lowest BCUT2D eigenvalue weighted by molar-refractivity contribution is -0.151. The lowest BCUT2D eigenvalue weighted by atomic mass is 9.95. The van der Waals surface area contributed by atoms with Gasteiger partial charge in [0.15, 0.2) is 0 Å². The third-order valence-electron chi connectivity index (χ3n) is 6.62. The lowest BCUT2D eigenvalue weighted by Gasteiger charge is -2.40. The number of rotatable bonds is 4. The highest BCUT2D eigenvalue weighted by Crippen LogP contribution is 2.31. The third kappa shape index (κ3) is 4.56. The molecule has 0 saturated carbocycles. The zero-order valence-electron chi connectivity index (χ0n) is 18.4. The quantitative estimate of drug-likeness (QED) is 0.682. The van der Waals surface area contributed by atoms with Gasteiger partial charge in [0.1, 0.15) is 5.66 Å². The van der Waals surface area contributed by atoms with E-state index in [-0.39, 0.29) is 42.6 Å². The Labute approximate surface area is 187 Å². The van der Waals surface area contributed by atoms with E-state index in [1.165, 1.54) is 0 Å². The number of ether oxygens (including phenoxy) is 1. The van der Waals surface area contributed by atoms with Gasteiger partial charge in [-0.25, -0.2) is 0 Å². The lowest BCUT2D eigenvalue weighted by Crippen LogP contribution is -2.58. The first-order valence-electron chi connectivity index (χ1n) is 11.3. The van der Waals surface area contributed by atoms with Crippen molar-refractivity contribution in [2.75, 3.05) is 38.1 Å². The maximum Gasteiger partial charge on any atom is 0.309 e. The molecule has 3 aliphatic heterocycles. The highest BCUT2D eigenvalue weighted by Gasteiger charge is 2.41. The topological polar surface area (TPSA) is 108 Å². The first-order valence-corrected chi connectivity index (χ1v) is 11.3. The SMILES string of the molecule is CCOC(=O)C1CCN(C(=O)CN2CCC3(CCC2=O)NC(=O)c2ccccc2N3)CC1. The number of likely N-dealkylation sites (tertiary alicyclic amines) is 2. The summed E-state index contributed by atoms with van der Waals surface area (Å²) in [5.41, 5.74) is 0.654. The molecule has 2 fully saturated rings. The summed E-state index contributed by atoms with van der Waals surface area (Å²) in [5, 5.41) is 6.46. The average Bonchev–Trinajstić information content (AvgIpc) is 2.93. The Morgan fingerprint density at radius 1 is 1.09 bits per heavy atom. The fraction of sp³-hybridized carbons (Fsp3) is 0.565. The monoisotopic (exact) mass is 442 g/mol. The van der Waals surface area contributed by atoms with E-state index in [1.807, 2.05) is 18.2 Å². The minimum absolute atomic E-state index is 0.0174. The summed E-state index contributed by atoms with van der Waals surface area (Å²) in [6.07, 6.45) is 2.38. The maximum atomic E-state index is 12.8. The molecule has 2 saturated heterocycles. The summed E-state index contributed by atoms with van der Waals surface area (Å²) in [5.74, 6) is -0.714. The summed E-state index contributed by atoms with van der Waals surface area (Å²) >= 11 is 0. The number of anilines is 1. The summed E-state index contributed by atoms with van der Waals surface area (Å²) in [6, 6.07) is 7.32. The molecular formula is C23H30N4O5. The molecule has 1 aromatic rings. The normalized spacial score (nSPS) is 23.8. The van der Waals surface area contributed by atoms with Gasteiger partial charge in [0.05, 0.1) is 24.6 Å². The van der Waals surface area contributed by atoms with Gasteiger partial charge in [-0.3, -0.25) is 19.2 Å². The molecule has 0 aromatic heterocycles. The maximum absolute atomic E-state index is 12.8.